The van der Waals surface area contributed by atoms with Gasteiger partial charge >= 0.3 is 0 Å². The van der Waals surface area contributed by atoms with Crippen LogP contribution in [0, 0.1) is 5.41 Å². The number of nitrogens with zero attached hydrogens (tertiary/aromatic N) is 3. The molecule has 0 aliphatic carbocycles. The van der Waals surface area contributed by atoms with Gasteiger partial charge in [-0.05, 0) is 24.3 Å². The second-order valence-corrected chi connectivity index (χ2v) is 6.31. The maximum atomic E-state index is 5.33. The molecule has 1 aliphatic heterocycles. The number of nitrogens with one attached hydrogen (secondary N) is 1. The molecule has 1 aliphatic rings. The predicted molar refractivity (Wildman–Crippen MR) is 90.2 cm³/mol. The van der Waals surface area contributed by atoms with E-state index in [9.17, 15) is 0 Å². The Hall–Kier alpha value is -2.53. The normalized spacial score (nSPS) is 16.0. The number of ether oxygens (including phenoxy) is 1. The standard InChI is InChI=1S/C18H18N4O/c1-18(11-23-12-18)10-20-17-14-4-2-3-5-15(14)21-16(22-17)13-6-8-19-9-7-13/h2-9H,10-12H2,1H3,(H,20,21,22). The number of hydrogen-bond acceptors (Lipinski definition) is 5. The minimum absolute atomic E-state index is 0.183. The number of benzene rings is 1. The van der Waals surface area contributed by atoms with E-state index >= 15 is 0 Å². The summed E-state index contributed by atoms with van der Waals surface area (Å²) in [7, 11) is 0. The first-order chi connectivity index (χ1) is 11.2. The fraction of sp³-hybridized carbons (Fsp3) is 0.278. The Bertz CT molecular complexity index is 831. The lowest BCUT2D eigenvalue weighted by atomic mass is 9.89. The van der Waals surface area contributed by atoms with Gasteiger partial charge in [-0.15, -0.1) is 0 Å². The quantitative estimate of drug-likeness (QED) is 0.802. The van der Waals surface area contributed by atoms with Crippen molar-refractivity contribution >= 4 is 16.7 Å². The van der Waals surface area contributed by atoms with Crippen LogP contribution < -0.4 is 5.32 Å². The summed E-state index contributed by atoms with van der Waals surface area (Å²) in [6, 6.07) is 11.9. The maximum Gasteiger partial charge on any atom is 0.162 e. The summed E-state index contributed by atoms with van der Waals surface area (Å²) in [5.41, 5.74) is 2.09. The Balaban J connectivity index is 1.74. The van der Waals surface area contributed by atoms with Gasteiger partial charge in [0.2, 0.25) is 0 Å². The SMILES string of the molecule is CC1(CNc2nc(-c3ccncc3)nc3ccccc23)COC1. The smallest absolute Gasteiger partial charge is 0.162 e. The summed E-state index contributed by atoms with van der Waals surface area (Å²) in [6.45, 7) is 4.64. The first-order valence-corrected chi connectivity index (χ1v) is 7.72. The Labute approximate surface area is 134 Å². The molecule has 0 spiro atoms. The van der Waals surface area contributed by atoms with Crippen molar-refractivity contribution in [1.29, 1.82) is 0 Å². The van der Waals surface area contributed by atoms with Gasteiger partial charge in [0, 0.05) is 35.3 Å². The number of anilines is 1. The van der Waals surface area contributed by atoms with Crippen LogP contribution in [0.15, 0.2) is 48.8 Å². The van der Waals surface area contributed by atoms with Crippen LogP contribution in [0.2, 0.25) is 0 Å². The minimum atomic E-state index is 0.183. The molecule has 0 amide bonds. The molecule has 5 nitrogen and oxygen atoms in total. The average Bonchev–Trinajstić information content (AvgIpc) is 2.58. The fourth-order valence-corrected chi connectivity index (χ4v) is 2.69. The summed E-state index contributed by atoms with van der Waals surface area (Å²) in [6.07, 6.45) is 3.52. The molecule has 116 valence electrons. The highest BCUT2D eigenvalue weighted by atomic mass is 16.5. The van der Waals surface area contributed by atoms with E-state index in [1.54, 1.807) is 12.4 Å². The van der Waals surface area contributed by atoms with Crippen molar-refractivity contribution < 1.29 is 4.74 Å². The molecule has 0 atom stereocenters. The highest BCUT2D eigenvalue weighted by molar-refractivity contribution is 5.90. The number of pyridine rings is 1. The van der Waals surface area contributed by atoms with Crippen LogP contribution in [-0.2, 0) is 4.74 Å². The van der Waals surface area contributed by atoms with Gasteiger partial charge in [0.25, 0.3) is 0 Å². The van der Waals surface area contributed by atoms with Crippen LogP contribution in [0.1, 0.15) is 6.92 Å². The van der Waals surface area contributed by atoms with E-state index in [1.807, 2.05) is 36.4 Å². The Morgan fingerprint density at radius 3 is 2.61 bits per heavy atom. The predicted octanol–water partition coefficient (Wildman–Crippen LogP) is 3.14. The van der Waals surface area contributed by atoms with E-state index in [1.165, 1.54) is 0 Å². The van der Waals surface area contributed by atoms with Crippen LogP contribution in [0.3, 0.4) is 0 Å². The summed E-state index contributed by atoms with van der Waals surface area (Å²) in [4.78, 5) is 13.5. The van der Waals surface area contributed by atoms with Gasteiger partial charge in [-0.2, -0.15) is 0 Å². The van der Waals surface area contributed by atoms with Crippen molar-refractivity contribution in [3.05, 3.63) is 48.8 Å². The molecule has 23 heavy (non-hydrogen) atoms. The molecule has 3 aromatic rings. The van der Waals surface area contributed by atoms with Crippen molar-refractivity contribution in [3.8, 4) is 11.4 Å². The molecule has 1 aromatic carbocycles. The third kappa shape index (κ3) is 2.75. The van der Waals surface area contributed by atoms with Crippen LogP contribution >= 0.6 is 0 Å². The van der Waals surface area contributed by atoms with Crippen molar-refractivity contribution in [2.75, 3.05) is 25.1 Å². The lowest BCUT2D eigenvalue weighted by Gasteiger charge is -2.38. The zero-order valence-electron chi connectivity index (χ0n) is 13.0. The molecule has 2 aromatic heterocycles. The van der Waals surface area contributed by atoms with Gasteiger partial charge in [0.05, 0.1) is 18.7 Å². The second-order valence-electron chi connectivity index (χ2n) is 6.31. The van der Waals surface area contributed by atoms with E-state index in [2.05, 4.69) is 22.2 Å². The Kier molecular flexibility index (Phi) is 3.42. The molecule has 0 saturated carbocycles. The Morgan fingerprint density at radius 2 is 1.87 bits per heavy atom. The van der Waals surface area contributed by atoms with Crippen LogP contribution in [0.25, 0.3) is 22.3 Å². The molecule has 5 heteroatoms. The third-order valence-corrected chi connectivity index (χ3v) is 4.13. The highest BCUT2D eigenvalue weighted by Crippen LogP contribution is 2.29. The van der Waals surface area contributed by atoms with Crippen LogP contribution in [0.4, 0.5) is 5.82 Å². The van der Waals surface area contributed by atoms with E-state index < -0.39 is 0 Å². The Morgan fingerprint density at radius 1 is 1.09 bits per heavy atom. The third-order valence-electron chi connectivity index (χ3n) is 4.13. The van der Waals surface area contributed by atoms with Crippen molar-refractivity contribution in [2.24, 2.45) is 5.41 Å². The van der Waals surface area contributed by atoms with Gasteiger partial charge < -0.3 is 10.1 Å². The van der Waals surface area contributed by atoms with Gasteiger partial charge in [-0.25, -0.2) is 9.97 Å². The lowest BCUT2D eigenvalue weighted by molar-refractivity contribution is -0.0924. The molecule has 4 rings (SSSR count). The molecule has 1 saturated heterocycles. The first-order valence-electron chi connectivity index (χ1n) is 7.72. The molecule has 1 fully saturated rings. The topological polar surface area (TPSA) is 59.9 Å². The number of para-hydroxylation sites is 1. The van der Waals surface area contributed by atoms with Gasteiger partial charge in [-0.1, -0.05) is 19.1 Å². The maximum absolute atomic E-state index is 5.33. The van der Waals surface area contributed by atoms with E-state index in [4.69, 9.17) is 9.72 Å². The number of rotatable bonds is 4. The summed E-state index contributed by atoms with van der Waals surface area (Å²) >= 11 is 0. The average molecular weight is 306 g/mol. The summed E-state index contributed by atoms with van der Waals surface area (Å²) < 4.78 is 5.33. The molecule has 0 unspecified atom stereocenters. The summed E-state index contributed by atoms with van der Waals surface area (Å²) in [5, 5.41) is 4.53. The molecular formula is C18H18N4O. The van der Waals surface area contributed by atoms with Crippen molar-refractivity contribution in [2.45, 2.75) is 6.92 Å². The lowest BCUT2D eigenvalue weighted by Crippen LogP contribution is -2.45. The number of aromatic nitrogens is 3. The number of fused-ring (bicyclic) bond motifs is 1. The van der Waals surface area contributed by atoms with E-state index in [0.29, 0.717) is 5.82 Å². The van der Waals surface area contributed by atoms with Gasteiger partial charge in [0.1, 0.15) is 5.82 Å². The largest absolute Gasteiger partial charge is 0.380 e. The first kappa shape index (κ1) is 14.1. The van der Waals surface area contributed by atoms with Gasteiger partial charge in [-0.3, -0.25) is 4.98 Å². The van der Waals surface area contributed by atoms with Crippen LogP contribution in [-0.4, -0.2) is 34.7 Å². The zero-order valence-corrected chi connectivity index (χ0v) is 13.0. The molecule has 1 N–H and O–H groups in total. The summed E-state index contributed by atoms with van der Waals surface area (Å²) in [5.74, 6) is 1.58. The molecule has 0 radical (unpaired) electrons. The van der Waals surface area contributed by atoms with Gasteiger partial charge in [0.15, 0.2) is 5.82 Å². The number of hydrogen-bond donors (Lipinski definition) is 1. The fourth-order valence-electron chi connectivity index (χ4n) is 2.69. The zero-order chi connectivity index (χ0) is 15.7. The minimum Gasteiger partial charge on any atom is -0.380 e. The van der Waals surface area contributed by atoms with E-state index in [0.717, 1.165) is 42.0 Å². The highest BCUT2D eigenvalue weighted by Gasteiger charge is 2.33. The van der Waals surface area contributed by atoms with Crippen molar-refractivity contribution in [1.82, 2.24) is 15.0 Å². The second kappa shape index (κ2) is 5.59. The molecule has 3 heterocycles. The van der Waals surface area contributed by atoms with Crippen LogP contribution in [0.5, 0.6) is 0 Å². The van der Waals surface area contributed by atoms with Crippen molar-refractivity contribution in [3.63, 3.8) is 0 Å². The molecule has 0 bridgehead atoms. The van der Waals surface area contributed by atoms with E-state index in [-0.39, 0.29) is 5.41 Å². The molecular weight excluding hydrogens is 288 g/mol. The monoisotopic (exact) mass is 306 g/mol.